The zero-order valence-corrected chi connectivity index (χ0v) is 25.7. The molecule has 4 atom stereocenters. The highest BCUT2D eigenvalue weighted by Crippen LogP contribution is 2.47. The van der Waals surface area contributed by atoms with Gasteiger partial charge < -0.3 is 14.7 Å². The van der Waals surface area contributed by atoms with Crippen molar-refractivity contribution in [1.82, 2.24) is 4.90 Å². The van der Waals surface area contributed by atoms with Gasteiger partial charge in [0.25, 0.3) is 5.91 Å². The number of sulfonamides is 1. The van der Waals surface area contributed by atoms with Crippen LogP contribution in [-0.2, 0) is 24.3 Å². The third-order valence-corrected chi connectivity index (χ3v) is 11.3. The second-order valence-corrected chi connectivity index (χ2v) is 14.6. The van der Waals surface area contributed by atoms with Crippen LogP contribution in [0.4, 0.5) is 10.1 Å². The van der Waals surface area contributed by atoms with Gasteiger partial charge >= 0.3 is 5.97 Å². The number of carboxylic acids is 1. The van der Waals surface area contributed by atoms with Crippen molar-refractivity contribution in [3.05, 3.63) is 86.3 Å². The Morgan fingerprint density at radius 1 is 1.17 bits per heavy atom. The number of thiophene rings is 1. The van der Waals surface area contributed by atoms with E-state index in [1.54, 1.807) is 49.4 Å². The number of ether oxygens (including phenoxy) is 1. The fourth-order valence-corrected chi connectivity index (χ4v) is 8.60. The molecule has 1 unspecified atom stereocenters. The molecular weight excluding hydrogens is 626 g/mol. The molecule has 5 rings (SSSR count). The molecule has 0 bridgehead atoms. The summed E-state index contributed by atoms with van der Waals surface area (Å²) < 4.78 is 50.2. The fourth-order valence-electron chi connectivity index (χ4n) is 5.32. The summed E-state index contributed by atoms with van der Waals surface area (Å²) in [5, 5.41) is 9.42. The van der Waals surface area contributed by atoms with E-state index < -0.39 is 63.7 Å². The molecule has 2 aliphatic rings. The lowest BCUT2D eigenvalue weighted by Gasteiger charge is -2.48. The lowest BCUT2D eigenvalue weighted by molar-refractivity contribution is -0.182. The van der Waals surface area contributed by atoms with Crippen LogP contribution in [0.1, 0.15) is 55.2 Å². The number of carbonyl (C=O) groups is 2. The first-order chi connectivity index (χ1) is 20.0. The van der Waals surface area contributed by atoms with E-state index in [-0.39, 0.29) is 18.7 Å². The Labute approximate surface area is 257 Å². The molecule has 2 heterocycles. The molecule has 13 heteroatoms. The van der Waals surface area contributed by atoms with Gasteiger partial charge in [0.1, 0.15) is 18.0 Å². The smallest absolute Gasteiger partial charge is 0.306 e. The number of hydrogen-bond donors (Lipinski definition) is 1. The maximum atomic E-state index is 15.1. The van der Waals surface area contributed by atoms with Gasteiger partial charge in [-0.05, 0) is 61.2 Å². The van der Waals surface area contributed by atoms with Gasteiger partial charge in [0.05, 0.1) is 40.3 Å². The highest BCUT2D eigenvalue weighted by atomic mass is 35.5. The first-order valence-corrected chi connectivity index (χ1v) is 16.5. The number of aliphatic carboxylic acids is 1. The summed E-state index contributed by atoms with van der Waals surface area (Å²) in [6.07, 6.45) is -1.58. The molecule has 224 valence electrons. The van der Waals surface area contributed by atoms with Crippen molar-refractivity contribution in [2.24, 2.45) is 0 Å². The minimum atomic E-state index is -3.95. The molecule has 1 amide bonds. The Hall–Kier alpha value is -2.70. The summed E-state index contributed by atoms with van der Waals surface area (Å²) in [4.78, 5) is 28.1. The molecule has 3 aromatic rings. The lowest BCUT2D eigenvalue weighted by Crippen LogP contribution is -2.58. The minimum Gasteiger partial charge on any atom is -0.481 e. The third kappa shape index (κ3) is 6.30. The highest BCUT2D eigenvalue weighted by molar-refractivity contribution is 7.93. The summed E-state index contributed by atoms with van der Waals surface area (Å²) >= 11 is 13.9. The van der Waals surface area contributed by atoms with E-state index in [4.69, 9.17) is 27.9 Å². The van der Waals surface area contributed by atoms with Crippen LogP contribution in [-0.4, -0.2) is 54.2 Å². The predicted octanol–water partition coefficient (Wildman–Crippen LogP) is 6.46. The summed E-state index contributed by atoms with van der Waals surface area (Å²) in [7, 11) is -3.95. The van der Waals surface area contributed by atoms with Crippen LogP contribution < -0.4 is 4.31 Å². The molecule has 0 spiro atoms. The second kappa shape index (κ2) is 12.5. The largest absolute Gasteiger partial charge is 0.481 e. The molecular formula is C29H29Cl2FN2O6S2. The standard InChI is InChI=1S/C29H29Cl2FN2O6S2/c1-2-19(16-33(42(38,39)20-10-11-20)22-9-4-3-8-21(22)32)34-27(24-12-13-25(31)41-24)28(17-6-5-7-18(30)14-17)40-23(29(34)37)15-26(35)36/h3-9,12-14,19-20,23,27-28H,2,10-11,15-16H2,1H3,(H,35,36)/t19?,23-,27-,28-/m1/s1. The molecule has 42 heavy (non-hydrogen) atoms. The van der Waals surface area contributed by atoms with Crippen LogP contribution in [0.2, 0.25) is 9.36 Å². The van der Waals surface area contributed by atoms with Crippen LogP contribution in [0, 0.1) is 5.82 Å². The van der Waals surface area contributed by atoms with Crippen LogP contribution >= 0.6 is 34.5 Å². The fraction of sp³-hybridized carbons (Fsp3) is 0.379. The van der Waals surface area contributed by atoms with Crippen molar-refractivity contribution in [3.8, 4) is 0 Å². The molecule has 1 aliphatic heterocycles. The van der Waals surface area contributed by atoms with E-state index in [9.17, 15) is 23.1 Å². The number of carboxylic acid groups (broad SMARTS) is 1. The number of rotatable bonds is 11. The lowest BCUT2D eigenvalue weighted by atomic mass is 9.93. The quantitative estimate of drug-likeness (QED) is 0.255. The predicted molar refractivity (Wildman–Crippen MR) is 160 cm³/mol. The van der Waals surface area contributed by atoms with Crippen LogP contribution in [0.15, 0.2) is 60.7 Å². The number of hydrogen-bond acceptors (Lipinski definition) is 6. The molecule has 1 saturated heterocycles. The van der Waals surface area contributed by atoms with Crippen molar-refractivity contribution in [2.45, 2.75) is 62.1 Å². The summed E-state index contributed by atoms with van der Waals surface area (Å²) in [5.41, 5.74) is 0.504. The average Bonchev–Trinajstić information content (AvgIpc) is 3.73. The van der Waals surface area contributed by atoms with Crippen molar-refractivity contribution in [2.75, 3.05) is 10.8 Å². The van der Waals surface area contributed by atoms with Crippen LogP contribution in [0.3, 0.4) is 0 Å². The molecule has 1 N–H and O–H groups in total. The molecule has 8 nitrogen and oxygen atoms in total. The van der Waals surface area contributed by atoms with Gasteiger partial charge in [-0.15, -0.1) is 11.3 Å². The summed E-state index contributed by atoms with van der Waals surface area (Å²) in [6.45, 7) is 1.56. The summed E-state index contributed by atoms with van der Waals surface area (Å²) in [5.74, 6) is -2.53. The number of para-hydroxylation sites is 1. The number of anilines is 1. The van der Waals surface area contributed by atoms with E-state index in [0.29, 0.717) is 32.6 Å². The normalized spacial score (nSPS) is 21.8. The Bertz CT molecular complexity index is 1580. The molecule has 1 aromatic heterocycles. The van der Waals surface area contributed by atoms with Gasteiger partial charge in [-0.25, -0.2) is 12.8 Å². The van der Waals surface area contributed by atoms with E-state index >= 15 is 4.39 Å². The first-order valence-electron chi connectivity index (χ1n) is 13.5. The highest BCUT2D eigenvalue weighted by Gasteiger charge is 2.49. The number of amides is 1. The van der Waals surface area contributed by atoms with E-state index in [1.807, 2.05) is 0 Å². The average molecular weight is 656 g/mol. The van der Waals surface area contributed by atoms with Crippen LogP contribution in [0.25, 0.3) is 0 Å². The second-order valence-electron chi connectivity index (χ2n) is 10.3. The Morgan fingerprint density at radius 3 is 2.50 bits per heavy atom. The zero-order valence-electron chi connectivity index (χ0n) is 22.5. The maximum absolute atomic E-state index is 15.1. The Kier molecular flexibility index (Phi) is 9.15. The summed E-state index contributed by atoms with van der Waals surface area (Å²) in [6, 6.07) is 14.4. The topological polar surface area (TPSA) is 104 Å². The van der Waals surface area contributed by atoms with Crippen molar-refractivity contribution >= 4 is 62.1 Å². The maximum Gasteiger partial charge on any atom is 0.306 e. The molecule has 2 aromatic carbocycles. The first kappa shape index (κ1) is 30.7. The van der Waals surface area contributed by atoms with E-state index in [2.05, 4.69) is 0 Å². The van der Waals surface area contributed by atoms with Gasteiger partial charge in [0.2, 0.25) is 10.0 Å². The Morgan fingerprint density at radius 2 is 1.90 bits per heavy atom. The SMILES string of the molecule is CCC(CN(c1ccccc1F)S(=O)(=O)C1CC1)N1C(=O)[C@@H](CC(=O)O)O[C@H](c2cccc(Cl)c2)[C@H]1c1ccc(Cl)s1. The van der Waals surface area contributed by atoms with Gasteiger partial charge in [-0.3, -0.25) is 13.9 Å². The van der Waals surface area contributed by atoms with Gasteiger partial charge in [0.15, 0.2) is 0 Å². The number of benzene rings is 2. The third-order valence-electron chi connectivity index (χ3n) is 7.47. The minimum absolute atomic E-state index is 0.104. The molecule has 1 saturated carbocycles. The van der Waals surface area contributed by atoms with Crippen molar-refractivity contribution in [3.63, 3.8) is 0 Å². The Balaban J connectivity index is 1.64. The molecule has 2 fully saturated rings. The van der Waals surface area contributed by atoms with Gasteiger partial charge in [0, 0.05) is 9.90 Å². The molecule has 0 radical (unpaired) electrons. The zero-order chi connectivity index (χ0) is 30.2. The van der Waals surface area contributed by atoms with E-state index in [0.717, 1.165) is 4.31 Å². The monoisotopic (exact) mass is 654 g/mol. The van der Waals surface area contributed by atoms with Crippen LogP contribution in [0.5, 0.6) is 0 Å². The number of carbonyl (C=O) groups excluding carboxylic acids is 1. The van der Waals surface area contributed by atoms with Crippen molar-refractivity contribution < 1.29 is 32.2 Å². The van der Waals surface area contributed by atoms with Gasteiger partial charge in [-0.1, -0.05) is 54.4 Å². The number of morpholine rings is 1. The van der Waals surface area contributed by atoms with Gasteiger partial charge in [-0.2, -0.15) is 0 Å². The number of halogens is 3. The van der Waals surface area contributed by atoms with Crippen molar-refractivity contribution in [1.29, 1.82) is 0 Å². The number of nitrogens with zero attached hydrogens (tertiary/aromatic N) is 2. The van der Waals surface area contributed by atoms with E-state index in [1.165, 1.54) is 34.4 Å². The molecule has 1 aliphatic carbocycles.